The number of nitrogens with zero attached hydrogens (tertiary/aromatic N) is 1. The third-order valence-corrected chi connectivity index (χ3v) is 5.86. The molecule has 0 saturated carbocycles. The first-order valence-corrected chi connectivity index (χ1v) is 10.7. The molecular formula is C21H26N2O3S. The Morgan fingerprint density at radius 2 is 1.74 bits per heavy atom. The second kappa shape index (κ2) is 9.17. The molecular weight excluding hydrogens is 360 g/mol. The molecule has 3 rings (SSSR count). The van der Waals surface area contributed by atoms with E-state index in [2.05, 4.69) is 9.62 Å². The topological polar surface area (TPSA) is 58.6 Å². The molecule has 5 nitrogen and oxygen atoms in total. The maximum absolute atomic E-state index is 12.5. The average molecular weight is 387 g/mol. The van der Waals surface area contributed by atoms with Crippen LogP contribution < -0.4 is 9.46 Å². The second-order valence-corrected chi connectivity index (χ2v) is 8.26. The van der Waals surface area contributed by atoms with E-state index in [4.69, 9.17) is 4.74 Å². The van der Waals surface area contributed by atoms with Gasteiger partial charge in [0, 0.05) is 17.5 Å². The molecule has 1 atom stereocenters. The number of ether oxygens (including phenoxy) is 1. The summed E-state index contributed by atoms with van der Waals surface area (Å²) in [6, 6.07) is 17.2. The highest BCUT2D eigenvalue weighted by Gasteiger charge is 2.26. The van der Waals surface area contributed by atoms with E-state index in [-0.39, 0.29) is 6.04 Å². The van der Waals surface area contributed by atoms with Crippen LogP contribution >= 0.6 is 0 Å². The third kappa shape index (κ3) is 5.42. The monoisotopic (exact) mass is 386 g/mol. The highest BCUT2D eigenvalue weighted by atomic mass is 32.2. The van der Waals surface area contributed by atoms with E-state index in [0.29, 0.717) is 6.54 Å². The molecule has 1 saturated heterocycles. The number of methoxy groups -OCH3 is 1. The van der Waals surface area contributed by atoms with E-state index in [0.717, 1.165) is 42.8 Å². The molecule has 2 aromatic rings. The summed E-state index contributed by atoms with van der Waals surface area (Å²) in [6.45, 7) is 2.23. The zero-order valence-corrected chi connectivity index (χ0v) is 16.4. The number of benzene rings is 2. The van der Waals surface area contributed by atoms with Crippen molar-refractivity contribution in [3.05, 3.63) is 71.1 Å². The van der Waals surface area contributed by atoms with Gasteiger partial charge in [-0.15, -0.1) is 0 Å². The number of likely N-dealkylation sites (tertiary alicyclic amines) is 1. The quantitative estimate of drug-likeness (QED) is 0.755. The van der Waals surface area contributed by atoms with Crippen LogP contribution in [0.2, 0.25) is 0 Å². The number of hydrogen-bond acceptors (Lipinski definition) is 4. The van der Waals surface area contributed by atoms with Gasteiger partial charge in [-0.1, -0.05) is 48.5 Å². The first-order chi connectivity index (χ1) is 13.1. The molecule has 2 aromatic carbocycles. The number of rotatable bonds is 8. The van der Waals surface area contributed by atoms with Gasteiger partial charge in [0.05, 0.1) is 13.2 Å². The summed E-state index contributed by atoms with van der Waals surface area (Å²) >= 11 is 0. The summed E-state index contributed by atoms with van der Waals surface area (Å²) in [7, 11) is -1.88. The molecule has 144 valence electrons. The molecule has 1 aliphatic rings. The molecule has 0 aromatic heterocycles. The van der Waals surface area contributed by atoms with E-state index in [1.165, 1.54) is 5.41 Å². The van der Waals surface area contributed by atoms with Crippen molar-refractivity contribution in [2.24, 2.45) is 0 Å². The molecule has 1 N–H and O–H groups in total. The van der Waals surface area contributed by atoms with Gasteiger partial charge in [-0.05, 0) is 43.6 Å². The summed E-state index contributed by atoms with van der Waals surface area (Å²) in [6.07, 6.45) is 3.87. The Labute approximate surface area is 161 Å². The largest absolute Gasteiger partial charge is 0.496 e. The Hall–Kier alpha value is -2.15. The third-order valence-electron chi connectivity index (χ3n) is 4.80. The summed E-state index contributed by atoms with van der Waals surface area (Å²) in [5.74, 6) is 0.786. The molecule has 6 heteroatoms. The average Bonchev–Trinajstić information content (AvgIpc) is 3.22. The molecule has 1 aliphatic heterocycles. The lowest BCUT2D eigenvalue weighted by molar-refractivity contribution is 0.240. The molecule has 27 heavy (non-hydrogen) atoms. The van der Waals surface area contributed by atoms with Gasteiger partial charge in [-0.2, -0.15) is 0 Å². The molecule has 0 radical (unpaired) electrons. The number of sulfonamides is 1. The van der Waals surface area contributed by atoms with Gasteiger partial charge in [0.1, 0.15) is 5.75 Å². The van der Waals surface area contributed by atoms with Gasteiger partial charge in [0.2, 0.25) is 10.0 Å². The molecule has 0 aliphatic carbocycles. The fraction of sp³-hybridized carbons (Fsp3) is 0.333. The van der Waals surface area contributed by atoms with E-state index in [9.17, 15) is 8.42 Å². The van der Waals surface area contributed by atoms with Crippen LogP contribution in [0, 0.1) is 0 Å². The molecule has 0 spiro atoms. The fourth-order valence-corrected chi connectivity index (χ4v) is 4.23. The van der Waals surface area contributed by atoms with Crippen LogP contribution in [-0.4, -0.2) is 40.1 Å². The van der Waals surface area contributed by atoms with Crippen molar-refractivity contribution in [3.63, 3.8) is 0 Å². The minimum Gasteiger partial charge on any atom is -0.496 e. The van der Waals surface area contributed by atoms with Gasteiger partial charge in [0.15, 0.2) is 0 Å². The van der Waals surface area contributed by atoms with Crippen LogP contribution in [0.25, 0.3) is 6.08 Å². The highest BCUT2D eigenvalue weighted by molar-refractivity contribution is 7.92. The van der Waals surface area contributed by atoms with Crippen LogP contribution in [0.5, 0.6) is 5.75 Å². The molecule has 1 fully saturated rings. The summed E-state index contributed by atoms with van der Waals surface area (Å²) in [5.41, 5.74) is 1.86. The normalized spacial score (nSPS) is 16.6. The predicted octanol–water partition coefficient (Wildman–Crippen LogP) is 3.42. The SMILES string of the molecule is COc1ccccc1C(CNS(=O)(=O)/C=C/c1ccccc1)N1CCCC1. The first kappa shape index (κ1) is 19.6. The predicted molar refractivity (Wildman–Crippen MR) is 109 cm³/mol. The minimum atomic E-state index is -3.53. The molecule has 0 bridgehead atoms. The maximum Gasteiger partial charge on any atom is 0.233 e. The maximum atomic E-state index is 12.5. The van der Waals surface area contributed by atoms with Gasteiger partial charge in [-0.25, -0.2) is 13.1 Å². The van der Waals surface area contributed by atoms with E-state index in [1.807, 2.05) is 54.6 Å². The summed E-state index contributed by atoms with van der Waals surface area (Å²) in [4.78, 5) is 2.32. The van der Waals surface area contributed by atoms with Crippen LogP contribution in [-0.2, 0) is 10.0 Å². The Morgan fingerprint density at radius 3 is 2.44 bits per heavy atom. The fourth-order valence-electron chi connectivity index (χ4n) is 3.41. The van der Waals surface area contributed by atoms with Gasteiger partial charge >= 0.3 is 0 Å². The molecule has 1 heterocycles. The van der Waals surface area contributed by atoms with E-state index >= 15 is 0 Å². The second-order valence-electron chi connectivity index (χ2n) is 6.61. The van der Waals surface area contributed by atoms with Crippen molar-refractivity contribution in [3.8, 4) is 5.75 Å². The lowest BCUT2D eigenvalue weighted by atomic mass is 10.0. The van der Waals surface area contributed by atoms with Crippen molar-refractivity contribution in [1.29, 1.82) is 0 Å². The van der Waals surface area contributed by atoms with Crippen LogP contribution in [0.4, 0.5) is 0 Å². The number of nitrogens with one attached hydrogen (secondary N) is 1. The first-order valence-electron chi connectivity index (χ1n) is 9.19. The van der Waals surface area contributed by atoms with Gasteiger partial charge < -0.3 is 4.74 Å². The van der Waals surface area contributed by atoms with Crippen molar-refractivity contribution < 1.29 is 13.2 Å². The minimum absolute atomic E-state index is 0.0523. The van der Waals surface area contributed by atoms with Crippen molar-refractivity contribution in [1.82, 2.24) is 9.62 Å². The van der Waals surface area contributed by atoms with E-state index < -0.39 is 10.0 Å². The highest BCUT2D eigenvalue weighted by Crippen LogP contribution is 2.31. The lowest BCUT2D eigenvalue weighted by Crippen LogP contribution is -2.36. The van der Waals surface area contributed by atoms with E-state index in [1.54, 1.807) is 13.2 Å². The molecule has 1 unspecified atom stereocenters. The number of para-hydroxylation sites is 1. The van der Waals surface area contributed by atoms with Crippen LogP contribution in [0.3, 0.4) is 0 Å². The summed E-state index contributed by atoms with van der Waals surface area (Å²) in [5, 5.41) is 1.23. The Bertz CT molecular complexity index is 860. The Morgan fingerprint density at radius 1 is 1.07 bits per heavy atom. The van der Waals surface area contributed by atoms with Crippen LogP contribution in [0.15, 0.2) is 60.0 Å². The zero-order valence-electron chi connectivity index (χ0n) is 15.5. The van der Waals surface area contributed by atoms with Crippen LogP contribution in [0.1, 0.15) is 30.0 Å². The molecule has 0 amide bonds. The zero-order chi connectivity index (χ0) is 19.1. The van der Waals surface area contributed by atoms with Gasteiger partial charge in [0.25, 0.3) is 0 Å². The van der Waals surface area contributed by atoms with Gasteiger partial charge in [-0.3, -0.25) is 4.90 Å². The standard InChI is InChI=1S/C21H26N2O3S/c1-26-21-12-6-5-11-19(21)20(23-14-7-8-15-23)17-22-27(24,25)16-13-18-9-3-2-4-10-18/h2-6,9-13,16,20,22H,7-8,14-15,17H2,1H3/b16-13+. The van der Waals surface area contributed by atoms with Crippen molar-refractivity contribution >= 4 is 16.1 Å². The lowest BCUT2D eigenvalue weighted by Gasteiger charge is -2.29. The number of hydrogen-bond donors (Lipinski definition) is 1. The Kier molecular flexibility index (Phi) is 6.66. The smallest absolute Gasteiger partial charge is 0.233 e. The summed E-state index contributed by atoms with van der Waals surface area (Å²) < 4.78 is 33.2. The Balaban J connectivity index is 1.75. The van der Waals surface area contributed by atoms with Crippen molar-refractivity contribution in [2.45, 2.75) is 18.9 Å². The van der Waals surface area contributed by atoms with Crippen molar-refractivity contribution in [2.75, 3.05) is 26.7 Å².